The number of nitrogens with zero attached hydrogens (tertiary/aromatic N) is 4. The van der Waals surface area contributed by atoms with E-state index in [-0.39, 0.29) is 6.17 Å². The topological polar surface area (TPSA) is 46.6 Å². The Balaban J connectivity index is 1.23. The Morgan fingerprint density at radius 3 is 2.00 bits per heavy atom. The van der Waals surface area contributed by atoms with E-state index >= 15 is 0 Å². The smallest absolute Gasteiger partial charge is 0.149 e. The monoisotopic (exact) mass is 589 g/mol. The molecule has 8 aromatic rings. The molecule has 46 heavy (non-hydrogen) atoms. The molecule has 0 bridgehead atoms. The van der Waals surface area contributed by atoms with Gasteiger partial charge in [0.1, 0.15) is 17.8 Å². The molecule has 216 valence electrons. The maximum atomic E-state index is 5.43. The number of amidine groups is 1. The molecule has 0 amide bonds. The molecule has 2 aliphatic rings. The predicted octanol–water partition coefficient (Wildman–Crippen LogP) is 9.23. The summed E-state index contributed by atoms with van der Waals surface area (Å²) in [5.74, 6) is 1.70. The third-order valence-electron chi connectivity index (χ3n) is 9.35. The molecule has 1 atom stereocenters. The van der Waals surface area contributed by atoms with Gasteiger partial charge in [-0.1, -0.05) is 78.9 Å². The summed E-state index contributed by atoms with van der Waals surface area (Å²) in [4.78, 5) is 10.3. The number of fused-ring (bicyclic) bond motifs is 8. The molecule has 5 heteroatoms. The van der Waals surface area contributed by atoms with Gasteiger partial charge < -0.3 is 9.88 Å². The average molecular weight is 590 g/mol. The van der Waals surface area contributed by atoms with Gasteiger partial charge in [0.25, 0.3) is 0 Å². The number of aromatic nitrogens is 2. The second-order valence-electron chi connectivity index (χ2n) is 11.9. The molecule has 5 nitrogen and oxygen atoms in total. The highest BCUT2D eigenvalue weighted by molar-refractivity contribution is 6.16. The first kappa shape index (κ1) is 25.2. The Labute approximate surface area is 264 Å². The van der Waals surface area contributed by atoms with E-state index in [1.807, 2.05) is 12.3 Å². The van der Waals surface area contributed by atoms with Crippen molar-refractivity contribution in [2.75, 3.05) is 0 Å². The lowest BCUT2D eigenvalue weighted by Gasteiger charge is -2.28. The molecule has 0 radical (unpaired) electrons. The zero-order valence-corrected chi connectivity index (χ0v) is 24.8. The van der Waals surface area contributed by atoms with Gasteiger partial charge in [-0.05, 0) is 77.5 Å². The predicted molar refractivity (Wildman–Crippen MR) is 192 cm³/mol. The molecule has 2 aromatic heterocycles. The van der Waals surface area contributed by atoms with Gasteiger partial charge in [-0.3, -0.25) is 9.56 Å². The number of allylic oxidation sites excluding steroid dienone is 1. The third-order valence-corrected chi connectivity index (χ3v) is 9.35. The molecule has 0 fully saturated rings. The molecular weight excluding hydrogens is 562 g/mol. The largest absolute Gasteiger partial charge is 0.344 e. The number of hydrogen-bond acceptors (Lipinski definition) is 3. The van der Waals surface area contributed by atoms with Crippen LogP contribution in [0.2, 0.25) is 0 Å². The van der Waals surface area contributed by atoms with Crippen LogP contribution in [0.3, 0.4) is 0 Å². The van der Waals surface area contributed by atoms with E-state index < -0.39 is 0 Å². The zero-order chi connectivity index (χ0) is 30.2. The second-order valence-corrected chi connectivity index (χ2v) is 11.9. The summed E-state index contributed by atoms with van der Waals surface area (Å²) in [6, 6.07) is 47.7. The van der Waals surface area contributed by atoms with E-state index in [1.54, 1.807) is 0 Å². The first-order valence-electron chi connectivity index (χ1n) is 15.6. The van der Waals surface area contributed by atoms with Crippen LogP contribution in [0, 0.1) is 0 Å². The van der Waals surface area contributed by atoms with E-state index in [1.165, 1.54) is 37.8 Å². The summed E-state index contributed by atoms with van der Waals surface area (Å²) in [5, 5.41) is 10.9. The van der Waals surface area contributed by atoms with Gasteiger partial charge in [-0.2, -0.15) is 0 Å². The molecule has 10 rings (SSSR count). The van der Waals surface area contributed by atoms with Crippen molar-refractivity contribution in [2.24, 2.45) is 9.98 Å². The number of aliphatic imine (C=N–C) groups is 2. The summed E-state index contributed by atoms with van der Waals surface area (Å²) < 4.78 is 4.66. The molecule has 2 aliphatic heterocycles. The second kappa shape index (κ2) is 9.65. The fourth-order valence-corrected chi connectivity index (χ4v) is 7.28. The number of rotatable bonds is 3. The Bertz CT molecular complexity index is 2670. The van der Waals surface area contributed by atoms with Crippen LogP contribution in [0.1, 0.15) is 5.56 Å². The van der Waals surface area contributed by atoms with E-state index in [0.29, 0.717) is 0 Å². The molecule has 0 aliphatic carbocycles. The zero-order valence-electron chi connectivity index (χ0n) is 24.8. The van der Waals surface area contributed by atoms with Crippen LogP contribution in [0.5, 0.6) is 0 Å². The van der Waals surface area contributed by atoms with Crippen LogP contribution in [0.4, 0.5) is 0 Å². The minimum absolute atomic E-state index is 0.245. The van der Waals surface area contributed by atoms with Gasteiger partial charge in [0.15, 0.2) is 0 Å². The number of benzene rings is 6. The number of para-hydroxylation sites is 3. The Morgan fingerprint density at radius 1 is 0.543 bits per heavy atom. The van der Waals surface area contributed by atoms with Gasteiger partial charge in [0, 0.05) is 44.6 Å². The quantitative estimate of drug-likeness (QED) is 0.219. The normalized spacial score (nSPS) is 16.1. The molecule has 1 unspecified atom stereocenters. The molecule has 0 spiro atoms. The highest BCUT2D eigenvalue weighted by atomic mass is 15.2. The molecule has 4 heterocycles. The minimum atomic E-state index is -0.245. The van der Waals surface area contributed by atoms with Gasteiger partial charge in [0.05, 0.1) is 22.1 Å². The van der Waals surface area contributed by atoms with E-state index in [4.69, 9.17) is 9.98 Å². The molecule has 0 saturated carbocycles. The van der Waals surface area contributed by atoms with Crippen molar-refractivity contribution >= 4 is 72.3 Å². The van der Waals surface area contributed by atoms with Crippen molar-refractivity contribution in [3.05, 3.63) is 157 Å². The maximum Gasteiger partial charge on any atom is 0.149 e. The fraction of sp³-hybridized carbons (Fsp3) is 0.0244. The number of nitrogens with one attached hydrogen (secondary N) is 1. The van der Waals surface area contributed by atoms with Crippen LogP contribution in [0.15, 0.2) is 161 Å². The lowest BCUT2D eigenvalue weighted by Crippen LogP contribution is -2.39. The standard InChI is InChI=1S/C41H27N5/c1-2-13-29(14-3-1)45-35-18-8-6-15-30(35)33-24-28(20-21-37(33)45)39-43-40-32(17-10-22-42-40)41(44-39)46-36-19-9-7-16-31(36)34-23-26-11-4-5-12-27(26)25-38(34)46/h1-25,40H,(H,43,44). The SMILES string of the molecule is C1=CC2=C(n3c4ccccc4c4cc5ccccc5cc43)N=C(c3ccc4c(c3)c3ccccc3n4-c3ccccc3)NC2N=C1. The number of dihydropyridines is 1. The van der Waals surface area contributed by atoms with E-state index in [9.17, 15) is 0 Å². The van der Waals surface area contributed by atoms with Gasteiger partial charge >= 0.3 is 0 Å². The van der Waals surface area contributed by atoms with E-state index in [2.05, 4.69) is 154 Å². The number of hydrogen-bond donors (Lipinski definition) is 1. The van der Waals surface area contributed by atoms with Crippen molar-refractivity contribution in [3.63, 3.8) is 0 Å². The van der Waals surface area contributed by atoms with Gasteiger partial charge in [0.2, 0.25) is 0 Å². The van der Waals surface area contributed by atoms with Crippen molar-refractivity contribution in [2.45, 2.75) is 6.17 Å². The van der Waals surface area contributed by atoms with Crippen LogP contribution in [-0.4, -0.2) is 27.4 Å². The van der Waals surface area contributed by atoms with Crippen LogP contribution in [0.25, 0.3) is 65.9 Å². The Kier molecular flexibility index (Phi) is 5.28. The highest BCUT2D eigenvalue weighted by Gasteiger charge is 2.28. The van der Waals surface area contributed by atoms with E-state index in [0.717, 1.165) is 45.0 Å². The van der Waals surface area contributed by atoms with Gasteiger partial charge in [-0.15, -0.1) is 0 Å². The summed E-state index contributed by atoms with van der Waals surface area (Å²) >= 11 is 0. The lowest BCUT2D eigenvalue weighted by molar-refractivity contribution is 0.725. The van der Waals surface area contributed by atoms with Crippen molar-refractivity contribution in [1.29, 1.82) is 0 Å². The molecular formula is C41H27N5. The molecule has 1 N–H and O–H groups in total. The Hall–Kier alpha value is -6.20. The summed E-state index contributed by atoms with van der Waals surface area (Å²) in [7, 11) is 0. The van der Waals surface area contributed by atoms with Crippen molar-refractivity contribution in [3.8, 4) is 5.69 Å². The van der Waals surface area contributed by atoms with Crippen molar-refractivity contribution in [1.82, 2.24) is 14.5 Å². The molecule has 6 aromatic carbocycles. The minimum Gasteiger partial charge on any atom is -0.344 e. The maximum absolute atomic E-state index is 5.43. The first-order chi connectivity index (χ1) is 22.8. The molecule has 0 saturated heterocycles. The summed E-state index contributed by atoms with van der Waals surface area (Å²) in [5.41, 5.74) is 7.82. The van der Waals surface area contributed by atoms with Crippen LogP contribution in [-0.2, 0) is 0 Å². The third kappa shape index (κ3) is 3.63. The lowest BCUT2D eigenvalue weighted by atomic mass is 10.0. The fourth-order valence-electron chi connectivity index (χ4n) is 7.28. The van der Waals surface area contributed by atoms with Crippen LogP contribution < -0.4 is 5.32 Å². The summed E-state index contributed by atoms with van der Waals surface area (Å²) in [6.07, 6.45) is 5.77. The van der Waals surface area contributed by atoms with Crippen molar-refractivity contribution < 1.29 is 0 Å². The summed E-state index contributed by atoms with van der Waals surface area (Å²) in [6.45, 7) is 0. The first-order valence-corrected chi connectivity index (χ1v) is 15.6. The van der Waals surface area contributed by atoms with Gasteiger partial charge in [-0.25, -0.2) is 4.99 Å². The van der Waals surface area contributed by atoms with Crippen LogP contribution >= 0.6 is 0 Å². The highest BCUT2D eigenvalue weighted by Crippen LogP contribution is 2.38. The Morgan fingerprint density at radius 2 is 1.20 bits per heavy atom. The average Bonchev–Trinajstić information content (AvgIpc) is 3.62.